The van der Waals surface area contributed by atoms with Crippen molar-refractivity contribution in [2.24, 2.45) is 0 Å². The van der Waals surface area contributed by atoms with Gasteiger partial charge in [-0.2, -0.15) is 0 Å². The summed E-state index contributed by atoms with van der Waals surface area (Å²) in [5.41, 5.74) is 5.51. The van der Waals surface area contributed by atoms with Crippen molar-refractivity contribution >= 4 is 11.6 Å². The van der Waals surface area contributed by atoms with E-state index in [9.17, 15) is 0 Å². The van der Waals surface area contributed by atoms with Gasteiger partial charge in [-0.15, -0.1) is 10.2 Å². The molecule has 4 heteroatoms. The molecule has 0 unspecified atom stereocenters. The summed E-state index contributed by atoms with van der Waals surface area (Å²) in [7, 11) is 0. The highest BCUT2D eigenvalue weighted by Crippen LogP contribution is 2.34. The second-order valence-electron chi connectivity index (χ2n) is 4.93. The molecule has 1 aromatic heterocycles. The number of hydrogen-bond acceptors (Lipinski definition) is 3. The predicted molar refractivity (Wildman–Crippen MR) is 85.2 cm³/mol. The summed E-state index contributed by atoms with van der Waals surface area (Å²) >= 11 is 6.56. The Morgan fingerprint density at radius 1 is 0.714 bits per heavy atom. The van der Waals surface area contributed by atoms with E-state index < -0.39 is 0 Å². The molecule has 0 N–H and O–H groups in total. The van der Waals surface area contributed by atoms with Crippen molar-refractivity contribution in [1.29, 1.82) is 0 Å². The van der Waals surface area contributed by atoms with Gasteiger partial charge in [0.25, 0.3) is 0 Å². The molecule has 21 heavy (non-hydrogen) atoms. The number of rotatable bonds is 2. The van der Waals surface area contributed by atoms with Gasteiger partial charge in [0.15, 0.2) is 0 Å². The lowest BCUT2D eigenvalue weighted by molar-refractivity contribution is 0.875. The smallest absolute Gasteiger partial charge is 0.116 e. The minimum absolute atomic E-state index is 0.536. The van der Waals surface area contributed by atoms with Crippen LogP contribution in [-0.2, 0) is 0 Å². The van der Waals surface area contributed by atoms with Crippen LogP contribution in [0.2, 0.25) is 5.02 Å². The topological polar surface area (TPSA) is 38.7 Å². The summed E-state index contributed by atoms with van der Waals surface area (Å²) in [6.07, 6.45) is 0. The lowest BCUT2D eigenvalue weighted by Crippen LogP contribution is -1.98. The number of aromatic nitrogens is 3. The largest absolute Gasteiger partial charge is 0.128 e. The van der Waals surface area contributed by atoms with E-state index in [1.807, 2.05) is 62.4 Å². The van der Waals surface area contributed by atoms with Gasteiger partial charge in [0.1, 0.15) is 11.4 Å². The van der Waals surface area contributed by atoms with Crippen LogP contribution in [0.1, 0.15) is 11.1 Å². The Kier molecular flexibility index (Phi) is 3.67. The SMILES string of the molecule is Cc1ccccc1-c1nnnc(-c2ccccc2C)c1Cl. The third-order valence-corrected chi connectivity index (χ3v) is 3.86. The van der Waals surface area contributed by atoms with E-state index in [1.54, 1.807) is 0 Å². The van der Waals surface area contributed by atoms with Crippen LogP contribution in [0.3, 0.4) is 0 Å². The Bertz CT molecular complexity index is 736. The number of aryl methyl sites for hydroxylation is 2. The van der Waals surface area contributed by atoms with Gasteiger partial charge >= 0.3 is 0 Å². The number of halogens is 1. The maximum atomic E-state index is 6.56. The van der Waals surface area contributed by atoms with Gasteiger partial charge < -0.3 is 0 Å². The molecule has 0 aliphatic rings. The Morgan fingerprint density at radius 3 is 1.57 bits per heavy atom. The highest BCUT2D eigenvalue weighted by molar-refractivity contribution is 6.35. The fourth-order valence-electron chi connectivity index (χ4n) is 2.33. The van der Waals surface area contributed by atoms with Gasteiger partial charge in [0.05, 0.1) is 5.02 Å². The minimum atomic E-state index is 0.536. The van der Waals surface area contributed by atoms with E-state index in [2.05, 4.69) is 15.4 Å². The Balaban J connectivity index is 2.21. The van der Waals surface area contributed by atoms with Crippen molar-refractivity contribution in [2.45, 2.75) is 13.8 Å². The van der Waals surface area contributed by atoms with Crippen LogP contribution >= 0.6 is 11.6 Å². The van der Waals surface area contributed by atoms with Gasteiger partial charge in [-0.3, -0.25) is 0 Å². The molecule has 0 aliphatic carbocycles. The average Bonchev–Trinajstić information content (AvgIpc) is 2.49. The van der Waals surface area contributed by atoms with Crippen molar-refractivity contribution in [3.63, 3.8) is 0 Å². The summed E-state index contributed by atoms with van der Waals surface area (Å²) in [6.45, 7) is 4.06. The quantitative estimate of drug-likeness (QED) is 0.700. The normalized spacial score (nSPS) is 10.6. The fourth-order valence-corrected chi connectivity index (χ4v) is 2.61. The number of nitrogens with zero attached hydrogens (tertiary/aromatic N) is 3. The molecular formula is C17H14ClN3. The van der Waals surface area contributed by atoms with Crippen molar-refractivity contribution in [3.05, 3.63) is 64.7 Å². The Morgan fingerprint density at radius 2 is 1.14 bits per heavy atom. The van der Waals surface area contributed by atoms with Crippen LogP contribution in [0.5, 0.6) is 0 Å². The molecule has 3 aromatic rings. The molecular weight excluding hydrogens is 282 g/mol. The minimum Gasteiger partial charge on any atom is -0.128 e. The molecule has 1 heterocycles. The average molecular weight is 296 g/mol. The molecule has 0 atom stereocenters. The van der Waals surface area contributed by atoms with Crippen molar-refractivity contribution in [2.75, 3.05) is 0 Å². The third kappa shape index (κ3) is 2.52. The van der Waals surface area contributed by atoms with E-state index in [0.717, 1.165) is 22.3 Å². The number of hydrogen-bond donors (Lipinski definition) is 0. The second-order valence-corrected chi connectivity index (χ2v) is 5.31. The number of benzene rings is 2. The van der Waals surface area contributed by atoms with Crippen LogP contribution in [-0.4, -0.2) is 15.4 Å². The first kappa shape index (κ1) is 13.7. The maximum Gasteiger partial charge on any atom is 0.116 e. The van der Waals surface area contributed by atoms with Crippen LogP contribution in [0.4, 0.5) is 0 Å². The van der Waals surface area contributed by atoms with Gasteiger partial charge in [0.2, 0.25) is 0 Å². The zero-order chi connectivity index (χ0) is 14.8. The maximum absolute atomic E-state index is 6.56. The molecule has 0 saturated carbocycles. The molecule has 0 aliphatic heterocycles. The molecule has 0 radical (unpaired) electrons. The lowest BCUT2D eigenvalue weighted by atomic mass is 10.0. The molecule has 0 amide bonds. The first-order chi connectivity index (χ1) is 10.2. The fraction of sp³-hybridized carbons (Fsp3) is 0.118. The van der Waals surface area contributed by atoms with E-state index in [-0.39, 0.29) is 0 Å². The summed E-state index contributed by atoms with van der Waals surface area (Å²) in [6, 6.07) is 16.0. The first-order valence-electron chi connectivity index (χ1n) is 6.69. The molecule has 0 spiro atoms. The van der Waals surface area contributed by atoms with Crippen molar-refractivity contribution < 1.29 is 0 Å². The van der Waals surface area contributed by atoms with E-state index in [0.29, 0.717) is 16.4 Å². The van der Waals surface area contributed by atoms with E-state index in [1.165, 1.54) is 0 Å². The van der Waals surface area contributed by atoms with Gasteiger partial charge in [-0.1, -0.05) is 60.1 Å². The highest BCUT2D eigenvalue weighted by atomic mass is 35.5. The highest BCUT2D eigenvalue weighted by Gasteiger charge is 2.16. The van der Waals surface area contributed by atoms with E-state index in [4.69, 9.17) is 11.6 Å². The first-order valence-corrected chi connectivity index (χ1v) is 7.07. The van der Waals surface area contributed by atoms with Crippen molar-refractivity contribution in [1.82, 2.24) is 15.4 Å². The van der Waals surface area contributed by atoms with Crippen LogP contribution in [0.25, 0.3) is 22.5 Å². The van der Waals surface area contributed by atoms with Gasteiger partial charge in [-0.25, -0.2) is 0 Å². The third-order valence-electron chi connectivity index (χ3n) is 3.51. The summed E-state index contributed by atoms with van der Waals surface area (Å²) in [5.74, 6) is 0. The predicted octanol–water partition coefficient (Wildman–Crippen LogP) is 4.48. The molecule has 0 fully saturated rings. The zero-order valence-electron chi connectivity index (χ0n) is 11.8. The second kappa shape index (κ2) is 5.62. The molecule has 0 saturated heterocycles. The standard InChI is InChI=1S/C17H14ClN3/c1-11-7-3-5-9-13(11)16-15(18)17(20-21-19-16)14-10-6-4-8-12(14)2/h3-10H,1-2H3. The van der Waals surface area contributed by atoms with Gasteiger partial charge in [-0.05, 0) is 30.2 Å². The molecule has 3 nitrogen and oxygen atoms in total. The van der Waals surface area contributed by atoms with Crippen molar-refractivity contribution in [3.8, 4) is 22.5 Å². The molecule has 3 rings (SSSR count). The Hall–Kier alpha value is -2.26. The van der Waals surface area contributed by atoms with E-state index >= 15 is 0 Å². The summed E-state index contributed by atoms with van der Waals surface area (Å²) in [5, 5.41) is 12.7. The van der Waals surface area contributed by atoms with Crippen LogP contribution in [0.15, 0.2) is 48.5 Å². The summed E-state index contributed by atoms with van der Waals surface area (Å²) < 4.78 is 0. The monoisotopic (exact) mass is 295 g/mol. The van der Waals surface area contributed by atoms with Crippen LogP contribution < -0.4 is 0 Å². The Labute approximate surface area is 128 Å². The summed E-state index contributed by atoms with van der Waals surface area (Å²) in [4.78, 5) is 0. The van der Waals surface area contributed by atoms with Crippen LogP contribution in [0, 0.1) is 13.8 Å². The lowest BCUT2D eigenvalue weighted by Gasteiger charge is -2.10. The molecule has 104 valence electrons. The van der Waals surface area contributed by atoms with Gasteiger partial charge in [0, 0.05) is 11.1 Å². The molecule has 0 bridgehead atoms. The zero-order valence-corrected chi connectivity index (χ0v) is 12.6. The molecule has 2 aromatic carbocycles.